The molecule has 0 aliphatic carbocycles. The fourth-order valence-electron chi connectivity index (χ4n) is 2.87. The van der Waals surface area contributed by atoms with Crippen LogP contribution in [-0.4, -0.2) is 57.4 Å². The van der Waals surface area contributed by atoms with E-state index in [2.05, 4.69) is 10.2 Å². The van der Waals surface area contributed by atoms with Crippen LogP contribution in [0.25, 0.3) is 0 Å². The van der Waals surface area contributed by atoms with Gasteiger partial charge >= 0.3 is 5.97 Å². The van der Waals surface area contributed by atoms with Crippen LogP contribution >= 0.6 is 0 Å². The van der Waals surface area contributed by atoms with Gasteiger partial charge in [-0.1, -0.05) is 30.3 Å². The van der Waals surface area contributed by atoms with E-state index in [0.717, 1.165) is 18.7 Å². The predicted molar refractivity (Wildman–Crippen MR) is 81.0 cm³/mol. The van der Waals surface area contributed by atoms with E-state index in [1.165, 1.54) is 7.11 Å². The Hall–Kier alpha value is -1.43. The first-order valence-corrected chi connectivity index (χ1v) is 7.29. The second kappa shape index (κ2) is 7.02. The Kier molecular flexibility index (Phi) is 5.33. The highest BCUT2D eigenvalue weighted by molar-refractivity contribution is 5.83. The maximum absolute atomic E-state index is 12.5. The van der Waals surface area contributed by atoms with Gasteiger partial charge < -0.3 is 14.8 Å². The van der Waals surface area contributed by atoms with Crippen molar-refractivity contribution in [3.8, 4) is 0 Å². The molecule has 1 fully saturated rings. The van der Waals surface area contributed by atoms with Crippen molar-refractivity contribution in [2.45, 2.75) is 18.6 Å². The van der Waals surface area contributed by atoms with Gasteiger partial charge in [0.1, 0.15) is 0 Å². The number of esters is 1. The molecule has 5 heteroatoms. The van der Waals surface area contributed by atoms with Crippen molar-refractivity contribution in [1.29, 1.82) is 0 Å². The van der Waals surface area contributed by atoms with Crippen LogP contribution in [-0.2, 0) is 19.8 Å². The number of ether oxygens (including phenoxy) is 2. The van der Waals surface area contributed by atoms with Gasteiger partial charge in [-0.25, -0.2) is 4.79 Å². The van der Waals surface area contributed by atoms with E-state index in [4.69, 9.17) is 9.47 Å². The molecule has 0 amide bonds. The predicted octanol–water partition coefficient (Wildman–Crippen LogP) is 0.995. The SMILES string of the molecule is CNC(CN1CCOC(C)C1)(C(=O)OC)c1ccccc1. The Morgan fingerprint density at radius 1 is 1.48 bits per heavy atom. The molecule has 1 saturated heterocycles. The Bertz CT molecular complexity index is 466. The Labute approximate surface area is 126 Å². The summed E-state index contributed by atoms with van der Waals surface area (Å²) in [7, 11) is 3.23. The highest BCUT2D eigenvalue weighted by Gasteiger charge is 2.42. The quantitative estimate of drug-likeness (QED) is 0.820. The summed E-state index contributed by atoms with van der Waals surface area (Å²) in [5.74, 6) is -0.268. The van der Waals surface area contributed by atoms with Crippen molar-refractivity contribution >= 4 is 5.97 Å². The third-order valence-corrected chi connectivity index (χ3v) is 4.01. The lowest BCUT2D eigenvalue weighted by Gasteiger charge is -2.39. The average molecular weight is 292 g/mol. The third kappa shape index (κ3) is 3.43. The molecule has 1 aromatic carbocycles. The molecule has 2 unspecified atom stereocenters. The number of methoxy groups -OCH3 is 1. The zero-order chi connectivity index (χ0) is 15.3. The molecule has 1 N–H and O–H groups in total. The molecule has 0 radical (unpaired) electrons. The summed E-state index contributed by atoms with van der Waals surface area (Å²) in [6.07, 6.45) is 0.182. The molecule has 0 aromatic heterocycles. The van der Waals surface area contributed by atoms with E-state index in [1.807, 2.05) is 37.3 Å². The summed E-state index contributed by atoms with van der Waals surface area (Å²) in [6.45, 7) is 4.93. The molecule has 1 aromatic rings. The van der Waals surface area contributed by atoms with Gasteiger partial charge in [-0.05, 0) is 19.5 Å². The molecule has 116 valence electrons. The van der Waals surface area contributed by atoms with Crippen molar-refractivity contribution in [1.82, 2.24) is 10.2 Å². The minimum atomic E-state index is -0.854. The second-order valence-corrected chi connectivity index (χ2v) is 5.43. The van der Waals surface area contributed by atoms with Crippen molar-refractivity contribution in [2.75, 3.05) is 40.4 Å². The number of nitrogens with zero attached hydrogens (tertiary/aromatic N) is 1. The molecular formula is C16H24N2O3. The monoisotopic (exact) mass is 292 g/mol. The lowest BCUT2D eigenvalue weighted by molar-refractivity contribution is -0.151. The van der Waals surface area contributed by atoms with Crippen LogP contribution in [0.1, 0.15) is 12.5 Å². The molecule has 0 saturated carbocycles. The summed E-state index contributed by atoms with van der Waals surface area (Å²) >= 11 is 0. The Morgan fingerprint density at radius 3 is 2.76 bits per heavy atom. The number of benzene rings is 1. The molecule has 1 aliphatic rings. The molecule has 0 bridgehead atoms. The van der Waals surface area contributed by atoms with Gasteiger partial charge in [0.05, 0.1) is 19.8 Å². The van der Waals surface area contributed by atoms with Gasteiger partial charge in [-0.2, -0.15) is 0 Å². The smallest absolute Gasteiger partial charge is 0.332 e. The number of hydrogen-bond donors (Lipinski definition) is 1. The molecule has 2 atom stereocenters. The number of likely N-dealkylation sites (N-methyl/N-ethyl adjacent to an activating group) is 1. The van der Waals surface area contributed by atoms with Crippen molar-refractivity contribution < 1.29 is 14.3 Å². The van der Waals surface area contributed by atoms with Crippen LogP contribution in [0, 0.1) is 0 Å². The maximum atomic E-state index is 12.5. The lowest BCUT2D eigenvalue weighted by atomic mass is 9.89. The first-order valence-electron chi connectivity index (χ1n) is 7.29. The van der Waals surface area contributed by atoms with Crippen molar-refractivity contribution in [3.05, 3.63) is 35.9 Å². The lowest BCUT2D eigenvalue weighted by Crippen LogP contribution is -2.58. The van der Waals surface area contributed by atoms with Crippen LogP contribution in [0.2, 0.25) is 0 Å². The van der Waals surface area contributed by atoms with Gasteiger partial charge in [-0.3, -0.25) is 4.90 Å². The van der Waals surface area contributed by atoms with E-state index in [0.29, 0.717) is 13.2 Å². The summed E-state index contributed by atoms with van der Waals surface area (Å²) < 4.78 is 10.6. The third-order valence-electron chi connectivity index (χ3n) is 4.01. The minimum Gasteiger partial charge on any atom is -0.467 e. The number of carbonyl (C=O) groups excluding carboxylic acids is 1. The minimum absolute atomic E-state index is 0.182. The normalized spacial score (nSPS) is 22.5. The molecule has 2 rings (SSSR count). The van der Waals surface area contributed by atoms with Gasteiger partial charge in [0, 0.05) is 19.6 Å². The number of nitrogens with one attached hydrogen (secondary N) is 1. The van der Waals surface area contributed by atoms with Crippen LogP contribution in [0.5, 0.6) is 0 Å². The van der Waals surface area contributed by atoms with Crippen LogP contribution < -0.4 is 5.32 Å². The topological polar surface area (TPSA) is 50.8 Å². The number of hydrogen-bond acceptors (Lipinski definition) is 5. The molecule has 1 aliphatic heterocycles. The molecule has 21 heavy (non-hydrogen) atoms. The van der Waals surface area contributed by atoms with E-state index >= 15 is 0 Å². The Balaban J connectivity index is 2.29. The summed E-state index contributed by atoms with van der Waals surface area (Å²) in [4.78, 5) is 14.7. The highest BCUT2D eigenvalue weighted by Crippen LogP contribution is 2.25. The largest absolute Gasteiger partial charge is 0.467 e. The van der Waals surface area contributed by atoms with Gasteiger partial charge in [-0.15, -0.1) is 0 Å². The van der Waals surface area contributed by atoms with Crippen LogP contribution in [0.15, 0.2) is 30.3 Å². The van der Waals surface area contributed by atoms with Gasteiger partial charge in [0.2, 0.25) is 0 Å². The zero-order valence-electron chi connectivity index (χ0n) is 13.0. The molecule has 0 spiro atoms. The molecular weight excluding hydrogens is 268 g/mol. The van der Waals surface area contributed by atoms with Crippen molar-refractivity contribution in [2.24, 2.45) is 0 Å². The van der Waals surface area contributed by atoms with Crippen LogP contribution in [0.3, 0.4) is 0 Å². The maximum Gasteiger partial charge on any atom is 0.332 e. The summed E-state index contributed by atoms with van der Waals surface area (Å²) in [6, 6.07) is 9.73. The van der Waals surface area contributed by atoms with E-state index < -0.39 is 5.54 Å². The molecule has 1 heterocycles. The van der Waals surface area contributed by atoms with Gasteiger partial charge in [0.15, 0.2) is 5.54 Å². The van der Waals surface area contributed by atoms with E-state index in [-0.39, 0.29) is 12.1 Å². The standard InChI is InChI=1S/C16H24N2O3/c1-13-11-18(9-10-21-13)12-16(17-2,15(19)20-3)14-7-5-4-6-8-14/h4-8,13,17H,9-12H2,1-3H3. The van der Waals surface area contributed by atoms with E-state index in [1.54, 1.807) is 7.05 Å². The van der Waals surface area contributed by atoms with Crippen LogP contribution in [0.4, 0.5) is 0 Å². The summed E-state index contributed by atoms with van der Waals surface area (Å²) in [5, 5.41) is 3.19. The summed E-state index contributed by atoms with van der Waals surface area (Å²) in [5.41, 5.74) is 0.0612. The van der Waals surface area contributed by atoms with Crippen molar-refractivity contribution in [3.63, 3.8) is 0 Å². The fourth-order valence-corrected chi connectivity index (χ4v) is 2.87. The fraction of sp³-hybridized carbons (Fsp3) is 0.562. The average Bonchev–Trinajstić information content (AvgIpc) is 2.53. The number of carbonyl (C=O) groups is 1. The second-order valence-electron chi connectivity index (χ2n) is 5.43. The van der Waals surface area contributed by atoms with Gasteiger partial charge in [0.25, 0.3) is 0 Å². The first kappa shape index (κ1) is 15.9. The molecule has 5 nitrogen and oxygen atoms in total. The number of rotatable bonds is 5. The Morgan fingerprint density at radius 2 is 2.19 bits per heavy atom. The number of morpholine rings is 1. The zero-order valence-corrected chi connectivity index (χ0v) is 13.0. The van der Waals surface area contributed by atoms with E-state index in [9.17, 15) is 4.79 Å². The highest BCUT2D eigenvalue weighted by atomic mass is 16.5. The first-order chi connectivity index (χ1) is 10.1.